The topological polar surface area (TPSA) is 66.4 Å². The monoisotopic (exact) mass is 235 g/mol. The summed E-state index contributed by atoms with van der Waals surface area (Å²) in [4.78, 5) is 0. The molecule has 5 heteroatoms. The first-order chi connectivity index (χ1) is 6.85. The summed E-state index contributed by atoms with van der Waals surface area (Å²) in [5.74, 6) is 0.452. The molecule has 1 heterocycles. The first-order valence-corrected chi connectivity index (χ1v) is 7.32. The molecule has 90 valence electrons. The average molecular weight is 235 g/mol. The Morgan fingerprint density at radius 2 is 2.00 bits per heavy atom. The molecule has 0 bridgehead atoms. The second-order valence-corrected chi connectivity index (χ2v) is 6.75. The molecule has 0 saturated carbocycles. The van der Waals surface area contributed by atoms with Crippen LogP contribution in [0, 0.1) is 5.92 Å². The van der Waals surface area contributed by atoms with Gasteiger partial charge >= 0.3 is 0 Å². The zero-order valence-corrected chi connectivity index (χ0v) is 10.4. The SMILES string of the molecule is CCC(C)C(C)NC1CS(=O)(=O)CC1O. The first-order valence-electron chi connectivity index (χ1n) is 5.50. The standard InChI is InChI=1S/C10H21NO3S/c1-4-7(2)8(3)11-9-5-15(13,14)6-10(9)12/h7-12H,4-6H2,1-3H3. The fraction of sp³-hybridized carbons (Fsp3) is 1.00. The van der Waals surface area contributed by atoms with Crippen molar-refractivity contribution in [1.82, 2.24) is 5.32 Å². The van der Waals surface area contributed by atoms with Crippen LogP contribution >= 0.6 is 0 Å². The van der Waals surface area contributed by atoms with Crippen LogP contribution in [0.25, 0.3) is 0 Å². The number of nitrogens with one attached hydrogen (secondary N) is 1. The fourth-order valence-corrected chi connectivity index (χ4v) is 3.60. The van der Waals surface area contributed by atoms with Gasteiger partial charge in [0.05, 0.1) is 17.6 Å². The predicted molar refractivity (Wildman–Crippen MR) is 60.5 cm³/mol. The van der Waals surface area contributed by atoms with E-state index in [-0.39, 0.29) is 23.6 Å². The van der Waals surface area contributed by atoms with Gasteiger partial charge < -0.3 is 10.4 Å². The Morgan fingerprint density at radius 3 is 2.40 bits per heavy atom. The summed E-state index contributed by atoms with van der Waals surface area (Å²) in [6.07, 6.45) is 0.297. The van der Waals surface area contributed by atoms with Crippen molar-refractivity contribution in [3.8, 4) is 0 Å². The van der Waals surface area contributed by atoms with E-state index in [1.54, 1.807) is 0 Å². The molecule has 4 atom stereocenters. The van der Waals surface area contributed by atoms with Crippen LogP contribution in [0.3, 0.4) is 0 Å². The molecule has 0 spiro atoms. The highest BCUT2D eigenvalue weighted by Crippen LogP contribution is 2.15. The van der Waals surface area contributed by atoms with Gasteiger partial charge in [-0.3, -0.25) is 0 Å². The molecule has 0 aromatic heterocycles. The Labute approximate surface area is 92.0 Å². The number of rotatable bonds is 4. The van der Waals surface area contributed by atoms with Gasteiger partial charge in [0, 0.05) is 12.1 Å². The summed E-state index contributed by atoms with van der Waals surface area (Å²) in [6, 6.07) is -0.0538. The molecule has 2 N–H and O–H groups in total. The number of hydrogen-bond acceptors (Lipinski definition) is 4. The van der Waals surface area contributed by atoms with Gasteiger partial charge in [0.2, 0.25) is 0 Å². The van der Waals surface area contributed by atoms with Crippen molar-refractivity contribution >= 4 is 9.84 Å². The molecular formula is C10H21NO3S. The van der Waals surface area contributed by atoms with Crippen LogP contribution in [0.15, 0.2) is 0 Å². The third-order valence-corrected chi connectivity index (χ3v) is 5.01. The minimum absolute atomic E-state index is 0.0644. The summed E-state index contributed by atoms with van der Waals surface area (Å²) in [5, 5.41) is 12.8. The maximum Gasteiger partial charge on any atom is 0.154 e. The van der Waals surface area contributed by atoms with E-state index in [0.29, 0.717) is 5.92 Å². The van der Waals surface area contributed by atoms with E-state index in [1.165, 1.54) is 0 Å². The molecule has 1 aliphatic rings. The van der Waals surface area contributed by atoms with E-state index in [2.05, 4.69) is 19.2 Å². The predicted octanol–water partition coefficient (Wildman–Crippen LogP) is 0.168. The fourth-order valence-electron chi connectivity index (χ4n) is 1.84. The zero-order chi connectivity index (χ0) is 11.6. The quantitative estimate of drug-likeness (QED) is 0.729. The van der Waals surface area contributed by atoms with E-state index < -0.39 is 15.9 Å². The minimum atomic E-state index is -3.04. The van der Waals surface area contributed by atoms with Crippen molar-refractivity contribution in [2.75, 3.05) is 11.5 Å². The third-order valence-electron chi connectivity index (χ3n) is 3.30. The Morgan fingerprint density at radius 1 is 1.40 bits per heavy atom. The molecule has 0 amide bonds. The maximum atomic E-state index is 11.3. The van der Waals surface area contributed by atoms with Gasteiger partial charge in [0.1, 0.15) is 0 Å². The largest absolute Gasteiger partial charge is 0.390 e. The van der Waals surface area contributed by atoms with E-state index in [4.69, 9.17) is 0 Å². The molecule has 0 aromatic rings. The Bertz CT molecular complexity index is 302. The number of aliphatic hydroxyl groups is 1. The summed E-state index contributed by atoms with van der Waals surface area (Å²) in [7, 11) is -3.04. The highest BCUT2D eigenvalue weighted by Gasteiger charge is 2.37. The van der Waals surface area contributed by atoms with E-state index in [1.807, 2.05) is 6.92 Å². The normalized spacial score (nSPS) is 33.9. The smallest absolute Gasteiger partial charge is 0.154 e. The van der Waals surface area contributed by atoms with Crippen LogP contribution in [-0.2, 0) is 9.84 Å². The van der Waals surface area contributed by atoms with Crippen LogP contribution in [0.2, 0.25) is 0 Å². The van der Waals surface area contributed by atoms with Crippen molar-refractivity contribution in [3.63, 3.8) is 0 Å². The Balaban J connectivity index is 2.53. The molecule has 0 radical (unpaired) electrons. The molecular weight excluding hydrogens is 214 g/mol. The third kappa shape index (κ3) is 3.43. The number of sulfone groups is 1. The Hall–Kier alpha value is -0.130. The molecule has 4 nitrogen and oxygen atoms in total. The number of hydrogen-bond donors (Lipinski definition) is 2. The van der Waals surface area contributed by atoms with Gasteiger partial charge in [0.15, 0.2) is 9.84 Å². The molecule has 1 fully saturated rings. The average Bonchev–Trinajstić information content (AvgIpc) is 2.38. The molecule has 1 aliphatic heterocycles. The number of aliphatic hydroxyl groups excluding tert-OH is 1. The lowest BCUT2D eigenvalue weighted by atomic mass is 9.99. The molecule has 1 saturated heterocycles. The zero-order valence-electron chi connectivity index (χ0n) is 9.60. The molecule has 0 aliphatic carbocycles. The van der Waals surface area contributed by atoms with E-state index >= 15 is 0 Å². The van der Waals surface area contributed by atoms with Gasteiger partial charge in [-0.1, -0.05) is 20.3 Å². The summed E-state index contributed by atoms with van der Waals surface area (Å²) < 4.78 is 22.5. The van der Waals surface area contributed by atoms with Crippen molar-refractivity contribution in [2.45, 2.75) is 45.4 Å². The Kier molecular flexibility index (Phi) is 4.14. The van der Waals surface area contributed by atoms with Gasteiger partial charge in [-0.05, 0) is 12.8 Å². The lowest BCUT2D eigenvalue weighted by Gasteiger charge is -2.25. The second-order valence-electron chi connectivity index (χ2n) is 4.59. The van der Waals surface area contributed by atoms with Crippen molar-refractivity contribution < 1.29 is 13.5 Å². The summed E-state index contributed by atoms with van der Waals surface area (Å²) >= 11 is 0. The van der Waals surface area contributed by atoms with Crippen molar-refractivity contribution in [2.24, 2.45) is 5.92 Å². The van der Waals surface area contributed by atoms with Crippen molar-refractivity contribution in [3.05, 3.63) is 0 Å². The molecule has 15 heavy (non-hydrogen) atoms. The van der Waals surface area contributed by atoms with E-state index in [0.717, 1.165) is 6.42 Å². The first kappa shape index (κ1) is 12.9. The van der Waals surface area contributed by atoms with Crippen LogP contribution in [0.4, 0.5) is 0 Å². The van der Waals surface area contributed by atoms with Gasteiger partial charge in [0.25, 0.3) is 0 Å². The van der Waals surface area contributed by atoms with Crippen LogP contribution in [0.5, 0.6) is 0 Å². The van der Waals surface area contributed by atoms with Crippen molar-refractivity contribution in [1.29, 1.82) is 0 Å². The lowest BCUT2D eigenvalue weighted by molar-refractivity contribution is 0.154. The maximum absolute atomic E-state index is 11.3. The summed E-state index contributed by atoms with van der Waals surface area (Å²) in [6.45, 7) is 6.25. The molecule has 0 aromatic carbocycles. The summed E-state index contributed by atoms with van der Waals surface area (Å²) in [5.41, 5.74) is 0. The highest BCUT2D eigenvalue weighted by molar-refractivity contribution is 7.91. The van der Waals surface area contributed by atoms with Gasteiger partial charge in [-0.2, -0.15) is 0 Å². The molecule has 4 unspecified atom stereocenters. The second kappa shape index (κ2) is 4.80. The van der Waals surface area contributed by atoms with Crippen LogP contribution in [0.1, 0.15) is 27.2 Å². The highest BCUT2D eigenvalue weighted by atomic mass is 32.2. The lowest BCUT2D eigenvalue weighted by Crippen LogP contribution is -2.46. The van der Waals surface area contributed by atoms with Gasteiger partial charge in [-0.15, -0.1) is 0 Å². The van der Waals surface area contributed by atoms with Crippen LogP contribution < -0.4 is 5.32 Å². The minimum Gasteiger partial charge on any atom is -0.390 e. The van der Waals surface area contributed by atoms with Gasteiger partial charge in [-0.25, -0.2) is 8.42 Å². The molecule has 1 rings (SSSR count). The van der Waals surface area contributed by atoms with E-state index in [9.17, 15) is 13.5 Å². The van der Waals surface area contributed by atoms with Crippen LogP contribution in [-0.4, -0.2) is 43.2 Å².